The topological polar surface area (TPSA) is 144 Å². The Bertz CT molecular complexity index is 1420. The van der Waals surface area contributed by atoms with Crippen molar-refractivity contribution >= 4 is 23.2 Å². The summed E-state index contributed by atoms with van der Waals surface area (Å²) in [5.41, 5.74) is -0.894. The summed E-state index contributed by atoms with van der Waals surface area (Å²) in [6.45, 7) is 1.27. The minimum absolute atomic E-state index is 0.187. The van der Waals surface area contributed by atoms with Crippen LogP contribution < -0.4 is 31.4 Å². The Balaban J connectivity index is 1.89. The highest BCUT2D eigenvalue weighted by molar-refractivity contribution is 6.05. The predicted molar refractivity (Wildman–Crippen MR) is 128 cm³/mol. The molecule has 0 aliphatic heterocycles. The number of carbonyl (C=O) groups is 2. The number of aryl methyl sites for hydroxylation is 1. The van der Waals surface area contributed by atoms with Crippen molar-refractivity contribution in [2.45, 2.75) is 20.0 Å². The lowest BCUT2D eigenvalue weighted by atomic mass is 10.2. The number of nitrogens with zero attached hydrogens (tertiary/aromatic N) is 3. The van der Waals surface area contributed by atoms with E-state index in [1.807, 2.05) is 0 Å². The van der Waals surface area contributed by atoms with Crippen molar-refractivity contribution in [3.05, 3.63) is 80.6 Å². The number of rotatable bonds is 8. The van der Waals surface area contributed by atoms with E-state index in [0.717, 1.165) is 6.20 Å². The Hall–Kier alpha value is -4.85. The highest BCUT2D eigenvalue weighted by Gasteiger charge is 2.18. The van der Waals surface area contributed by atoms with E-state index in [0.29, 0.717) is 15.8 Å². The first-order valence-electron chi connectivity index (χ1n) is 10.5. The summed E-state index contributed by atoms with van der Waals surface area (Å²) >= 11 is 0. The van der Waals surface area contributed by atoms with Crippen LogP contribution in [0.2, 0.25) is 0 Å². The smallest absolute Gasteiger partial charge is 0.331 e. The Morgan fingerprint density at radius 2 is 1.60 bits per heavy atom. The monoisotopic (exact) mass is 477 g/mol. The maximum atomic E-state index is 12.7. The fraction of sp³-hybridized carbons (Fsp3) is 0.208. The van der Waals surface area contributed by atoms with Crippen LogP contribution in [0, 0.1) is 11.3 Å². The molecule has 0 saturated carbocycles. The molecule has 3 aromatic rings. The fourth-order valence-corrected chi connectivity index (χ4v) is 3.31. The van der Waals surface area contributed by atoms with Crippen LogP contribution in [0.1, 0.15) is 22.8 Å². The fourth-order valence-electron chi connectivity index (χ4n) is 3.31. The largest absolute Gasteiger partial charge is 0.494 e. The first-order valence-corrected chi connectivity index (χ1v) is 10.5. The first-order chi connectivity index (χ1) is 16.8. The molecule has 35 heavy (non-hydrogen) atoms. The lowest BCUT2D eigenvalue weighted by Gasteiger charge is -2.16. The third kappa shape index (κ3) is 5.39. The zero-order valence-electron chi connectivity index (χ0n) is 19.3. The van der Waals surface area contributed by atoms with Crippen molar-refractivity contribution in [2.24, 2.45) is 0 Å². The molecule has 0 fully saturated rings. The van der Waals surface area contributed by atoms with E-state index in [-0.39, 0.29) is 35.2 Å². The molecule has 2 N–H and O–H groups in total. The molecule has 2 amide bonds. The maximum Gasteiger partial charge on any atom is 0.331 e. The second kappa shape index (κ2) is 10.8. The number of nitriles is 1. The molecule has 11 heteroatoms. The SMILES string of the molecule is CCn1cc(C#N)c(=O)n(CC(=O)Nc2cc(OC)c(NC(=O)c3ccccc3)cc2OC)c1=O. The van der Waals surface area contributed by atoms with Gasteiger partial charge in [-0.25, -0.2) is 9.36 Å². The van der Waals surface area contributed by atoms with Crippen molar-refractivity contribution in [3.63, 3.8) is 0 Å². The van der Waals surface area contributed by atoms with Crippen LogP contribution in [0.3, 0.4) is 0 Å². The van der Waals surface area contributed by atoms with Gasteiger partial charge in [0, 0.05) is 30.4 Å². The quantitative estimate of drug-likeness (QED) is 0.503. The predicted octanol–water partition coefficient (Wildman–Crippen LogP) is 1.81. The second-order valence-electron chi connectivity index (χ2n) is 7.24. The van der Waals surface area contributed by atoms with Gasteiger partial charge in [0.1, 0.15) is 29.7 Å². The zero-order chi connectivity index (χ0) is 25.5. The molecule has 11 nitrogen and oxygen atoms in total. The summed E-state index contributed by atoms with van der Waals surface area (Å²) in [4.78, 5) is 50.2. The molecular formula is C24H23N5O6. The standard InChI is InChI=1S/C24H23N5O6/c1-4-28-13-16(12-25)23(32)29(24(28)33)14-21(30)26-17-10-20(35-3)18(11-19(17)34-2)27-22(31)15-8-6-5-7-9-15/h5-11,13H,4,14H2,1-3H3,(H,26,30)(H,27,31). The van der Waals surface area contributed by atoms with Gasteiger partial charge in [-0.2, -0.15) is 5.26 Å². The van der Waals surface area contributed by atoms with Crippen molar-refractivity contribution in [1.29, 1.82) is 5.26 Å². The lowest BCUT2D eigenvalue weighted by molar-refractivity contribution is -0.116. The van der Waals surface area contributed by atoms with Crippen LogP contribution >= 0.6 is 0 Å². The van der Waals surface area contributed by atoms with Crippen LogP contribution in [0.4, 0.5) is 11.4 Å². The number of ether oxygens (including phenoxy) is 2. The summed E-state index contributed by atoms with van der Waals surface area (Å²) in [6.07, 6.45) is 1.16. The van der Waals surface area contributed by atoms with E-state index in [2.05, 4.69) is 10.6 Å². The third-order valence-corrected chi connectivity index (χ3v) is 5.08. The van der Waals surface area contributed by atoms with Crippen LogP contribution in [-0.4, -0.2) is 35.2 Å². The van der Waals surface area contributed by atoms with Gasteiger partial charge >= 0.3 is 5.69 Å². The molecule has 1 aromatic heterocycles. The normalized spacial score (nSPS) is 10.2. The molecule has 2 aromatic carbocycles. The highest BCUT2D eigenvalue weighted by Crippen LogP contribution is 2.36. The highest BCUT2D eigenvalue weighted by atomic mass is 16.5. The van der Waals surface area contributed by atoms with E-state index in [9.17, 15) is 24.4 Å². The minimum atomic E-state index is -0.860. The average Bonchev–Trinajstić information content (AvgIpc) is 2.87. The van der Waals surface area contributed by atoms with Gasteiger partial charge in [-0.05, 0) is 19.1 Å². The van der Waals surface area contributed by atoms with Gasteiger partial charge in [-0.15, -0.1) is 0 Å². The van der Waals surface area contributed by atoms with Crippen molar-refractivity contribution in [1.82, 2.24) is 9.13 Å². The number of anilines is 2. The maximum absolute atomic E-state index is 12.7. The second-order valence-corrected chi connectivity index (χ2v) is 7.24. The van der Waals surface area contributed by atoms with Gasteiger partial charge in [-0.1, -0.05) is 18.2 Å². The molecule has 0 radical (unpaired) electrons. The van der Waals surface area contributed by atoms with E-state index in [1.165, 1.54) is 30.9 Å². The molecule has 0 atom stereocenters. The van der Waals surface area contributed by atoms with Gasteiger partial charge in [-0.3, -0.25) is 19.0 Å². The molecule has 0 unspecified atom stereocenters. The lowest BCUT2D eigenvalue weighted by Crippen LogP contribution is -2.43. The number of amides is 2. The van der Waals surface area contributed by atoms with Crippen LogP contribution in [0.15, 0.2) is 58.3 Å². The van der Waals surface area contributed by atoms with Crippen LogP contribution in [-0.2, 0) is 17.9 Å². The zero-order valence-corrected chi connectivity index (χ0v) is 19.3. The molecule has 0 aliphatic carbocycles. The Morgan fingerprint density at radius 3 is 2.14 bits per heavy atom. The van der Waals surface area contributed by atoms with Gasteiger partial charge in [0.2, 0.25) is 5.91 Å². The molecule has 180 valence electrons. The van der Waals surface area contributed by atoms with Crippen molar-refractivity contribution in [2.75, 3.05) is 24.9 Å². The number of aromatic nitrogens is 2. The Morgan fingerprint density at radius 1 is 1.00 bits per heavy atom. The summed E-state index contributed by atoms with van der Waals surface area (Å²) in [5, 5.41) is 14.5. The molecule has 0 saturated heterocycles. The number of methoxy groups -OCH3 is 2. The molecule has 0 spiro atoms. The summed E-state index contributed by atoms with van der Waals surface area (Å²) in [7, 11) is 2.77. The van der Waals surface area contributed by atoms with Gasteiger partial charge in [0.25, 0.3) is 11.5 Å². The Labute approximate surface area is 200 Å². The summed E-state index contributed by atoms with van der Waals surface area (Å²) in [5.74, 6) is -0.635. The van der Waals surface area contributed by atoms with Gasteiger partial charge in [0.15, 0.2) is 0 Å². The minimum Gasteiger partial charge on any atom is -0.494 e. The average molecular weight is 477 g/mol. The first kappa shape index (κ1) is 24.8. The number of nitrogens with one attached hydrogen (secondary N) is 2. The Kier molecular flexibility index (Phi) is 7.68. The van der Waals surface area contributed by atoms with Gasteiger partial charge < -0.3 is 20.1 Å². The van der Waals surface area contributed by atoms with Crippen LogP contribution in [0.25, 0.3) is 0 Å². The number of hydrogen-bond acceptors (Lipinski definition) is 7. The summed E-state index contributed by atoms with van der Waals surface area (Å²) < 4.78 is 12.6. The van der Waals surface area contributed by atoms with Gasteiger partial charge in [0.05, 0.1) is 25.6 Å². The number of benzene rings is 2. The van der Waals surface area contributed by atoms with E-state index < -0.39 is 23.7 Å². The number of hydrogen-bond donors (Lipinski definition) is 2. The van der Waals surface area contributed by atoms with E-state index in [4.69, 9.17) is 9.47 Å². The molecular weight excluding hydrogens is 454 g/mol. The molecule has 3 rings (SSSR count). The van der Waals surface area contributed by atoms with E-state index in [1.54, 1.807) is 43.3 Å². The third-order valence-electron chi connectivity index (χ3n) is 5.08. The molecule has 0 aliphatic rings. The van der Waals surface area contributed by atoms with Crippen LogP contribution in [0.5, 0.6) is 11.5 Å². The number of carbonyl (C=O) groups excluding carboxylic acids is 2. The van der Waals surface area contributed by atoms with Crippen molar-refractivity contribution in [3.8, 4) is 17.6 Å². The van der Waals surface area contributed by atoms with Crippen molar-refractivity contribution < 1.29 is 19.1 Å². The molecule has 1 heterocycles. The van der Waals surface area contributed by atoms with E-state index >= 15 is 0 Å². The molecule has 0 bridgehead atoms. The summed E-state index contributed by atoms with van der Waals surface area (Å²) in [6, 6.07) is 13.2.